The SMILES string of the molecule is COC(=O)c1ccc(S(=O)(=O)N[C@@H]2CC=CCC2)cc1. The van der Waals surface area contributed by atoms with E-state index in [4.69, 9.17) is 0 Å². The van der Waals surface area contributed by atoms with Crippen LogP contribution in [0.5, 0.6) is 0 Å². The molecule has 2 rings (SSSR count). The van der Waals surface area contributed by atoms with Crippen LogP contribution >= 0.6 is 0 Å². The number of rotatable bonds is 4. The maximum Gasteiger partial charge on any atom is 0.337 e. The van der Waals surface area contributed by atoms with Crippen molar-refractivity contribution in [1.82, 2.24) is 4.72 Å². The van der Waals surface area contributed by atoms with Crippen molar-refractivity contribution in [2.24, 2.45) is 0 Å². The second kappa shape index (κ2) is 6.19. The zero-order valence-electron chi connectivity index (χ0n) is 11.2. The molecule has 0 aliphatic heterocycles. The topological polar surface area (TPSA) is 72.5 Å². The highest BCUT2D eigenvalue weighted by molar-refractivity contribution is 7.89. The van der Waals surface area contributed by atoms with Crippen LogP contribution in [0.4, 0.5) is 0 Å². The lowest BCUT2D eigenvalue weighted by Gasteiger charge is -2.19. The average molecular weight is 295 g/mol. The molecule has 1 aliphatic carbocycles. The summed E-state index contributed by atoms with van der Waals surface area (Å²) >= 11 is 0. The Bertz CT molecular complexity index is 605. The zero-order chi connectivity index (χ0) is 14.6. The van der Waals surface area contributed by atoms with Crippen molar-refractivity contribution in [3.8, 4) is 0 Å². The molecule has 0 saturated carbocycles. The number of hydrogen-bond donors (Lipinski definition) is 1. The summed E-state index contributed by atoms with van der Waals surface area (Å²) in [5, 5.41) is 0. The minimum Gasteiger partial charge on any atom is -0.465 e. The maximum atomic E-state index is 12.2. The van der Waals surface area contributed by atoms with E-state index in [0.29, 0.717) is 12.0 Å². The Balaban J connectivity index is 2.13. The van der Waals surface area contributed by atoms with Crippen LogP contribution in [0.25, 0.3) is 0 Å². The van der Waals surface area contributed by atoms with E-state index in [9.17, 15) is 13.2 Å². The van der Waals surface area contributed by atoms with Crippen molar-refractivity contribution >= 4 is 16.0 Å². The predicted molar refractivity (Wildman–Crippen MR) is 74.9 cm³/mol. The molecular formula is C14H17NO4S. The normalized spacial score (nSPS) is 18.8. The first-order valence-electron chi connectivity index (χ1n) is 6.38. The molecule has 0 unspecified atom stereocenters. The molecule has 6 heteroatoms. The third kappa shape index (κ3) is 3.46. The Kier molecular flexibility index (Phi) is 4.57. The Morgan fingerprint density at radius 2 is 1.95 bits per heavy atom. The third-order valence-corrected chi connectivity index (χ3v) is 4.71. The molecular weight excluding hydrogens is 278 g/mol. The van der Waals surface area contributed by atoms with E-state index >= 15 is 0 Å². The van der Waals surface area contributed by atoms with Crippen LogP contribution in [0.15, 0.2) is 41.3 Å². The summed E-state index contributed by atoms with van der Waals surface area (Å²) in [6.45, 7) is 0. The monoisotopic (exact) mass is 295 g/mol. The smallest absolute Gasteiger partial charge is 0.337 e. The highest BCUT2D eigenvalue weighted by Crippen LogP contribution is 2.16. The molecule has 0 saturated heterocycles. The molecule has 1 atom stereocenters. The van der Waals surface area contributed by atoms with Crippen LogP contribution in [0, 0.1) is 0 Å². The van der Waals surface area contributed by atoms with Gasteiger partial charge < -0.3 is 4.74 Å². The highest BCUT2D eigenvalue weighted by atomic mass is 32.2. The Labute approximate surface area is 118 Å². The van der Waals surface area contributed by atoms with Gasteiger partial charge in [0, 0.05) is 6.04 Å². The van der Waals surface area contributed by atoms with E-state index in [1.54, 1.807) is 0 Å². The van der Waals surface area contributed by atoms with Gasteiger partial charge >= 0.3 is 5.97 Å². The van der Waals surface area contributed by atoms with Crippen molar-refractivity contribution in [3.05, 3.63) is 42.0 Å². The molecule has 1 N–H and O–H groups in total. The number of carbonyl (C=O) groups excluding carboxylic acids is 1. The van der Waals surface area contributed by atoms with Gasteiger partial charge in [-0.3, -0.25) is 0 Å². The Hall–Kier alpha value is -1.66. The molecule has 0 heterocycles. The van der Waals surface area contributed by atoms with Gasteiger partial charge in [0.1, 0.15) is 0 Å². The van der Waals surface area contributed by atoms with Gasteiger partial charge in [-0.1, -0.05) is 12.2 Å². The molecule has 0 radical (unpaired) electrons. The predicted octanol–water partition coefficient (Wildman–Crippen LogP) is 1.86. The largest absolute Gasteiger partial charge is 0.465 e. The summed E-state index contributed by atoms with van der Waals surface area (Å²) in [5.41, 5.74) is 0.326. The number of hydrogen-bond acceptors (Lipinski definition) is 4. The molecule has 1 aromatic carbocycles. The van der Waals surface area contributed by atoms with Gasteiger partial charge in [0.25, 0.3) is 0 Å². The molecule has 108 valence electrons. The lowest BCUT2D eigenvalue weighted by atomic mass is 10.0. The van der Waals surface area contributed by atoms with Gasteiger partial charge in [0.05, 0.1) is 17.6 Å². The number of ether oxygens (including phenoxy) is 1. The quantitative estimate of drug-likeness (QED) is 0.680. The van der Waals surface area contributed by atoms with Gasteiger partial charge in [0.15, 0.2) is 0 Å². The molecule has 1 aromatic rings. The van der Waals surface area contributed by atoms with Crippen LogP contribution in [0.1, 0.15) is 29.6 Å². The maximum absolute atomic E-state index is 12.2. The lowest BCUT2D eigenvalue weighted by Crippen LogP contribution is -2.35. The highest BCUT2D eigenvalue weighted by Gasteiger charge is 2.20. The fourth-order valence-corrected chi connectivity index (χ4v) is 3.36. The molecule has 5 nitrogen and oxygen atoms in total. The zero-order valence-corrected chi connectivity index (χ0v) is 12.0. The molecule has 1 aliphatic rings. The van der Waals surface area contributed by atoms with E-state index in [0.717, 1.165) is 12.8 Å². The Morgan fingerprint density at radius 3 is 2.50 bits per heavy atom. The molecule has 0 spiro atoms. The van der Waals surface area contributed by atoms with Gasteiger partial charge in [-0.25, -0.2) is 17.9 Å². The molecule has 0 bridgehead atoms. The second-order valence-electron chi connectivity index (χ2n) is 4.62. The van der Waals surface area contributed by atoms with Crippen molar-refractivity contribution in [1.29, 1.82) is 0 Å². The standard InChI is InChI=1S/C14H17NO4S/c1-19-14(16)11-7-9-13(10-8-11)20(17,18)15-12-5-3-2-4-6-12/h2-3,7-10,12,15H,4-6H2,1H3/t12-/m1/s1. The number of benzene rings is 1. The molecule has 0 amide bonds. The average Bonchev–Trinajstić information content (AvgIpc) is 2.47. The van der Waals surface area contributed by atoms with Crippen LogP contribution < -0.4 is 4.72 Å². The first-order valence-corrected chi connectivity index (χ1v) is 7.87. The molecule has 20 heavy (non-hydrogen) atoms. The first-order chi connectivity index (χ1) is 9.53. The number of allylic oxidation sites excluding steroid dienone is 1. The van der Waals surface area contributed by atoms with Crippen LogP contribution in [0.3, 0.4) is 0 Å². The van der Waals surface area contributed by atoms with Crippen molar-refractivity contribution < 1.29 is 17.9 Å². The lowest BCUT2D eigenvalue weighted by molar-refractivity contribution is 0.0600. The van der Waals surface area contributed by atoms with E-state index in [2.05, 4.69) is 15.5 Å². The number of sulfonamides is 1. The van der Waals surface area contributed by atoms with Crippen LogP contribution in [0.2, 0.25) is 0 Å². The van der Waals surface area contributed by atoms with Gasteiger partial charge in [-0.05, 0) is 43.5 Å². The van der Waals surface area contributed by atoms with E-state index in [1.807, 2.05) is 6.08 Å². The van der Waals surface area contributed by atoms with Crippen molar-refractivity contribution in [2.45, 2.75) is 30.2 Å². The third-order valence-electron chi connectivity index (χ3n) is 3.18. The first kappa shape index (κ1) is 14.7. The van der Waals surface area contributed by atoms with Gasteiger partial charge in [0.2, 0.25) is 10.0 Å². The second-order valence-corrected chi connectivity index (χ2v) is 6.33. The van der Waals surface area contributed by atoms with Gasteiger partial charge in [-0.2, -0.15) is 0 Å². The minimum atomic E-state index is -3.55. The van der Waals surface area contributed by atoms with Gasteiger partial charge in [-0.15, -0.1) is 0 Å². The van der Waals surface area contributed by atoms with Crippen molar-refractivity contribution in [2.75, 3.05) is 7.11 Å². The van der Waals surface area contributed by atoms with E-state index in [-0.39, 0.29) is 10.9 Å². The van der Waals surface area contributed by atoms with Crippen LogP contribution in [-0.4, -0.2) is 27.5 Å². The van der Waals surface area contributed by atoms with E-state index < -0.39 is 16.0 Å². The minimum absolute atomic E-state index is 0.0646. The molecule has 0 fully saturated rings. The number of carbonyl (C=O) groups is 1. The summed E-state index contributed by atoms with van der Waals surface area (Å²) in [6, 6.07) is 5.65. The molecule has 0 aromatic heterocycles. The Morgan fingerprint density at radius 1 is 1.25 bits per heavy atom. The summed E-state index contributed by atoms with van der Waals surface area (Å²) < 4.78 is 31.7. The summed E-state index contributed by atoms with van der Waals surface area (Å²) in [6.07, 6.45) is 6.43. The summed E-state index contributed by atoms with van der Waals surface area (Å²) in [5.74, 6) is -0.487. The number of esters is 1. The fraction of sp³-hybridized carbons (Fsp3) is 0.357. The summed E-state index contributed by atoms with van der Waals surface area (Å²) in [7, 11) is -2.26. The van der Waals surface area contributed by atoms with Crippen molar-refractivity contribution in [3.63, 3.8) is 0 Å². The fourth-order valence-electron chi connectivity index (χ4n) is 2.08. The summed E-state index contributed by atoms with van der Waals surface area (Å²) in [4.78, 5) is 11.4. The van der Waals surface area contributed by atoms with Crippen LogP contribution in [-0.2, 0) is 14.8 Å². The number of nitrogens with one attached hydrogen (secondary N) is 1. The number of methoxy groups -OCH3 is 1. The van der Waals surface area contributed by atoms with E-state index in [1.165, 1.54) is 31.4 Å².